The van der Waals surface area contributed by atoms with Crippen LogP contribution in [-0.4, -0.2) is 52.1 Å². The van der Waals surface area contributed by atoms with Crippen LogP contribution < -0.4 is 14.8 Å². The van der Waals surface area contributed by atoms with E-state index < -0.39 is 0 Å². The summed E-state index contributed by atoms with van der Waals surface area (Å²) in [7, 11) is 1.60. The average Bonchev–Trinajstić information content (AvgIpc) is 3.67. The number of aryl methyl sites for hydroxylation is 1. The quantitative estimate of drug-likeness (QED) is 0.314. The standard InChI is InChI=1S/C31H31N5O4/c1-18-32-24-11-8-19(16-27(24)39-18)22-10-13-25-28(22)29(40-21-6-3-4-7-21)35-31(34-25)33-23-12-9-20(17-26(23)38-2)30(37)36-14-5-15-36/h8-12,16-17,21H,3-7,13-15H2,1-2H3,(H,33,34,35). The van der Waals surface area contributed by atoms with E-state index in [9.17, 15) is 4.79 Å². The summed E-state index contributed by atoms with van der Waals surface area (Å²) >= 11 is 0. The number of hydrogen-bond donors (Lipinski definition) is 1. The molecule has 1 amide bonds. The molecular weight excluding hydrogens is 506 g/mol. The Morgan fingerprint density at radius 3 is 2.67 bits per heavy atom. The predicted octanol–water partition coefficient (Wildman–Crippen LogP) is 5.83. The van der Waals surface area contributed by atoms with Gasteiger partial charge in [0, 0.05) is 32.0 Å². The molecule has 2 aromatic heterocycles. The van der Waals surface area contributed by atoms with Gasteiger partial charge in [-0.3, -0.25) is 4.79 Å². The van der Waals surface area contributed by atoms with E-state index in [1.54, 1.807) is 13.2 Å². The second kappa shape index (κ2) is 9.97. The van der Waals surface area contributed by atoms with Crippen LogP contribution >= 0.6 is 0 Å². The number of anilines is 2. The van der Waals surface area contributed by atoms with Crippen LogP contribution in [0.5, 0.6) is 11.6 Å². The Kier molecular flexibility index (Phi) is 6.14. The number of carbonyl (C=O) groups excluding carboxylic acids is 1. The van der Waals surface area contributed by atoms with Crippen molar-refractivity contribution in [2.75, 3.05) is 25.5 Å². The number of ether oxygens (including phenoxy) is 2. The number of fused-ring (bicyclic) bond motifs is 2. The molecule has 0 bridgehead atoms. The van der Waals surface area contributed by atoms with E-state index in [2.05, 4.69) is 22.4 Å². The average molecular weight is 538 g/mol. The van der Waals surface area contributed by atoms with Crippen molar-refractivity contribution in [3.05, 3.63) is 70.7 Å². The molecule has 0 spiro atoms. The molecule has 2 fully saturated rings. The Balaban J connectivity index is 1.23. The highest BCUT2D eigenvalue weighted by Gasteiger charge is 2.28. The second-order valence-electron chi connectivity index (χ2n) is 10.6. The fourth-order valence-corrected chi connectivity index (χ4v) is 5.73. The van der Waals surface area contributed by atoms with Gasteiger partial charge in [0.05, 0.1) is 24.1 Å². The summed E-state index contributed by atoms with van der Waals surface area (Å²) in [5, 5.41) is 3.32. The van der Waals surface area contributed by atoms with Gasteiger partial charge >= 0.3 is 0 Å². The van der Waals surface area contributed by atoms with Crippen LogP contribution in [0.4, 0.5) is 11.6 Å². The molecule has 1 saturated carbocycles. The van der Waals surface area contributed by atoms with Crippen LogP contribution in [0, 0.1) is 6.92 Å². The lowest BCUT2D eigenvalue weighted by Gasteiger charge is -2.31. The van der Waals surface area contributed by atoms with Crippen molar-refractivity contribution in [3.8, 4) is 11.6 Å². The molecule has 9 nitrogen and oxygen atoms in total. The maximum absolute atomic E-state index is 12.7. The largest absolute Gasteiger partial charge is 0.495 e. The molecule has 204 valence electrons. The lowest BCUT2D eigenvalue weighted by atomic mass is 10.0. The third-order valence-corrected chi connectivity index (χ3v) is 7.94. The minimum Gasteiger partial charge on any atom is -0.495 e. The van der Waals surface area contributed by atoms with Crippen molar-refractivity contribution < 1.29 is 18.7 Å². The molecule has 0 unspecified atom stereocenters. The van der Waals surface area contributed by atoms with Crippen molar-refractivity contribution in [1.82, 2.24) is 19.9 Å². The third kappa shape index (κ3) is 4.45. The number of likely N-dealkylation sites (tertiary alicyclic amines) is 1. The number of amides is 1. The zero-order chi connectivity index (χ0) is 27.2. The summed E-state index contributed by atoms with van der Waals surface area (Å²) in [4.78, 5) is 28.8. The van der Waals surface area contributed by atoms with Crippen LogP contribution in [0.15, 0.2) is 46.9 Å². The first-order valence-corrected chi connectivity index (χ1v) is 14.0. The molecule has 1 N–H and O–H groups in total. The number of benzene rings is 2. The van der Waals surface area contributed by atoms with Crippen molar-refractivity contribution in [2.24, 2.45) is 0 Å². The van der Waals surface area contributed by atoms with Gasteiger partial charge in [0.25, 0.3) is 5.91 Å². The van der Waals surface area contributed by atoms with Crippen LogP contribution in [-0.2, 0) is 6.42 Å². The van der Waals surface area contributed by atoms with Gasteiger partial charge in [-0.1, -0.05) is 12.1 Å². The fraction of sp³-hybridized carbons (Fsp3) is 0.355. The Morgan fingerprint density at radius 2 is 1.90 bits per heavy atom. The Bertz CT molecular complexity index is 1650. The Hall–Kier alpha value is -4.40. The smallest absolute Gasteiger partial charge is 0.253 e. The first-order valence-electron chi connectivity index (χ1n) is 14.0. The maximum Gasteiger partial charge on any atom is 0.253 e. The lowest BCUT2D eigenvalue weighted by Crippen LogP contribution is -2.42. The maximum atomic E-state index is 12.7. The van der Waals surface area contributed by atoms with Gasteiger partial charge in [-0.05, 0) is 73.6 Å². The van der Waals surface area contributed by atoms with Crippen LogP contribution in [0.25, 0.3) is 16.7 Å². The van der Waals surface area contributed by atoms with Gasteiger partial charge in [0.1, 0.15) is 17.4 Å². The molecule has 7 rings (SSSR count). The van der Waals surface area contributed by atoms with E-state index in [0.717, 1.165) is 78.7 Å². The van der Waals surface area contributed by atoms with Gasteiger partial charge in [-0.15, -0.1) is 0 Å². The van der Waals surface area contributed by atoms with Gasteiger partial charge in [0.2, 0.25) is 11.8 Å². The zero-order valence-electron chi connectivity index (χ0n) is 22.7. The van der Waals surface area contributed by atoms with E-state index in [1.807, 2.05) is 36.1 Å². The summed E-state index contributed by atoms with van der Waals surface area (Å²) in [5.74, 6) is 2.24. The van der Waals surface area contributed by atoms with Gasteiger partial charge < -0.3 is 24.1 Å². The number of allylic oxidation sites excluding steroid dienone is 1. The fourth-order valence-electron chi connectivity index (χ4n) is 5.73. The van der Waals surface area contributed by atoms with Gasteiger partial charge in [0.15, 0.2) is 11.5 Å². The monoisotopic (exact) mass is 537 g/mol. The van der Waals surface area contributed by atoms with Crippen LogP contribution in [0.2, 0.25) is 0 Å². The zero-order valence-corrected chi connectivity index (χ0v) is 22.7. The number of hydrogen-bond acceptors (Lipinski definition) is 8. The molecule has 40 heavy (non-hydrogen) atoms. The molecule has 3 aliphatic rings. The highest BCUT2D eigenvalue weighted by molar-refractivity contribution is 5.96. The predicted molar refractivity (Wildman–Crippen MR) is 151 cm³/mol. The first kappa shape index (κ1) is 24.6. The summed E-state index contributed by atoms with van der Waals surface area (Å²) in [5.41, 5.74) is 6.77. The molecule has 4 aromatic rings. The van der Waals surface area contributed by atoms with Crippen molar-refractivity contribution in [1.29, 1.82) is 0 Å². The summed E-state index contributed by atoms with van der Waals surface area (Å²) in [6.07, 6.45) is 8.38. The second-order valence-corrected chi connectivity index (χ2v) is 10.6. The number of nitrogens with zero attached hydrogens (tertiary/aromatic N) is 4. The summed E-state index contributed by atoms with van der Waals surface area (Å²) in [6.45, 7) is 3.46. The minimum absolute atomic E-state index is 0.0226. The Morgan fingerprint density at radius 1 is 1.05 bits per heavy atom. The first-order chi connectivity index (χ1) is 19.6. The number of methoxy groups -OCH3 is 1. The van der Waals surface area contributed by atoms with Gasteiger partial charge in [-0.25, -0.2) is 9.97 Å². The van der Waals surface area contributed by atoms with E-state index in [1.165, 1.54) is 0 Å². The molecule has 2 aliphatic carbocycles. The highest BCUT2D eigenvalue weighted by atomic mass is 16.5. The van der Waals surface area contributed by atoms with Crippen LogP contribution in [0.3, 0.4) is 0 Å². The molecule has 1 aliphatic heterocycles. The topological polar surface area (TPSA) is 103 Å². The van der Waals surface area contributed by atoms with Crippen molar-refractivity contribution in [3.63, 3.8) is 0 Å². The van der Waals surface area contributed by atoms with Gasteiger partial charge in [-0.2, -0.15) is 4.98 Å². The van der Waals surface area contributed by atoms with E-state index in [4.69, 9.17) is 23.9 Å². The number of rotatable bonds is 7. The minimum atomic E-state index is 0.0226. The molecular formula is C31H31N5O4. The molecule has 0 radical (unpaired) electrons. The number of carbonyl (C=O) groups is 1. The van der Waals surface area contributed by atoms with Crippen molar-refractivity contribution >= 4 is 34.2 Å². The molecule has 0 atom stereocenters. The third-order valence-electron chi connectivity index (χ3n) is 7.94. The summed E-state index contributed by atoms with van der Waals surface area (Å²) in [6, 6.07) is 11.5. The van der Waals surface area contributed by atoms with E-state index in [0.29, 0.717) is 41.1 Å². The lowest BCUT2D eigenvalue weighted by molar-refractivity contribution is 0.0651. The van der Waals surface area contributed by atoms with Crippen molar-refractivity contribution in [2.45, 2.75) is 51.6 Å². The molecule has 9 heteroatoms. The Labute approximate surface area is 232 Å². The molecule has 2 aromatic carbocycles. The van der Waals surface area contributed by atoms with E-state index in [-0.39, 0.29) is 12.0 Å². The number of oxazole rings is 1. The molecule has 3 heterocycles. The highest BCUT2D eigenvalue weighted by Crippen LogP contribution is 2.41. The van der Waals surface area contributed by atoms with E-state index >= 15 is 0 Å². The summed E-state index contributed by atoms with van der Waals surface area (Å²) < 4.78 is 18.0. The normalized spacial score (nSPS) is 16.6. The number of nitrogens with one attached hydrogen (secondary N) is 1. The van der Waals surface area contributed by atoms with Crippen LogP contribution in [0.1, 0.15) is 65.2 Å². The molecule has 1 saturated heterocycles. The SMILES string of the molecule is COc1cc(C(=O)N2CCC2)ccc1Nc1nc2c(c(OC3CCCC3)n1)C(c1ccc3nc(C)oc3c1)=CC2. The number of aromatic nitrogens is 3.